The number of sulfone groups is 1. The fourth-order valence-corrected chi connectivity index (χ4v) is 2.24. The van der Waals surface area contributed by atoms with Crippen LogP contribution in [0.1, 0.15) is 0 Å². The van der Waals surface area contributed by atoms with Crippen molar-refractivity contribution in [3.05, 3.63) is 41.3 Å². The van der Waals surface area contributed by atoms with Gasteiger partial charge < -0.3 is 10.5 Å². The lowest BCUT2D eigenvalue weighted by Gasteiger charge is -2.06. The topological polar surface area (TPSA) is 81.8 Å². The first-order valence-electron chi connectivity index (χ1n) is 4.66. The molecule has 0 aromatic heterocycles. The first-order valence-corrected chi connectivity index (χ1v) is 6.21. The van der Waals surface area contributed by atoms with E-state index >= 15 is 0 Å². The quantitative estimate of drug-likeness (QED) is 0.866. The molecular weight excluding hydrogens is 247 g/mol. The van der Waals surface area contributed by atoms with Crippen LogP contribution in [0.15, 0.2) is 40.5 Å². The molecule has 0 fully saturated rings. The SMILES string of the molecule is NC1=CS(=O)(=O)C(COc2ccccc2F)=N1. The summed E-state index contributed by atoms with van der Waals surface area (Å²) in [6, 6.07) is 5.70. The van der Waals surface area contributed by atoms with E-state index in [-0.39, 0.29) is 23.2 Å². The van der Waals surface area contributed by atoms with Gasteiger partial charge in [-0.2, -0.15) is 0 Å². The highest BCUT2D eigenvalue weighted by Gasteiger charge is 2.24. The summed E-state index contributed by atoms with van der Waals surface area (Å²) in [6.07, 6.45) is 0. The van der Waals surface area contributed by atoms with E-state index in [1.165, 1.54) is 18.2 Å². The molecule has 0 atom stereocenters. The van der Waals surface area contributed by atoms with Crippen molar-refractivity contribution in [3.63, 3.8) is 0 Å². The third kappa shape index (κ3) is 2.44. The molecule has 0 amide bonds. The second kappa shape index (κ2) is 4.17. The van der Waals surface area contributed by atoms with Gasteiger partial charge in [0.05, 0.1) is 5.41 Å². The average Bonchev–Trinajstić information content (AvgIpc) is 2.50. The number of ether oxygens (including phenoxy) is 1. The summed E-state index contributed by atoms with van der Waals surface area (Å²) in [5.41, 5.74) is 5.26. The van der Waals surface area contributed by atoms with Crippen molar-refractivity contribution in [2.75, 3.05) is 6.61 Å². The lowest BCUT2D eigenvalue weighted by molar-refractivity contribution is 0.355. The van der Waals surface area contributed by atoms with Crippen LogP contribution >= 0.6 is 0 Å². The van der Waals surface area contributed by atoms with Crippen molar-refractivity contribution < 1.29 is 17.5 Å². The molecule has 1 aliphatic rings. The number of rotatable bonds is 3. The molecule has 0 aliphatic carbocycles. The summed E-state index contributed by atoms with van der Waals surface area (Å²) < 4.78 is 41.0. The molecule has 2 N–H and O–H groups in total. The molecule has 0 saturated heterocycles. The van der Waals surface area contributed by atoms with Crippen LogP contribution in [0.2, 0.25) is 0 Å². The molecule has 1 aromatic rings. The fraction of sp³-hybridized carbons (Fsp3) is 0.100. The van der Waals surface area contributed by atoms with Crippen molar-refractivity contribution in [3.8, 4) is 5.75 Å². The summed E-state index contributed by atoms with van der Waals surface area (Å²) in [6.45, 7) is -0.347. The van der Waals surface area contributed by atoms with E-state index < -0.39 is 15.7 Å². The molecule has 2 rings (SSSR count). The Labute approximate surface area is 97.3 Å². The predicted octanol–water partition coefficient (Wildman–Crippen LogP) is 0.789. The van der Waals surface area contributed by atoms with Gasteiger partial charge in [-0.3, -0.25) is 0 Å². The monoisotopic (exact) mass is 256 g/mol. The van der Waals surface area contributed by atoms with Gasteiger partial charge in [-0.25, -0.2) is 17.8 Å². The fourth-order valence-electron chi connectivity index (χ4n) is 1.28. The van der Waals surface area contributed by atoms with Crippen LogP contribution in [-0.2, 0) is 9.84 Å². The van der Waals surface area contributed by atoms with Crippen LogP contribution in [0.4, 0.5) is 4.39 Å². The zero-order valence-corrected chi connectivity index (χ0v) is 9.45. The Morgan fingerprint density at radius 1 is 1.35 bits per heavy atom. The number of para-hydroxylation sites is 1. The van der Waals surface area contributed by atoms with E-state index in [1.807, 2.05) is 0 Å². The number of hydrogen-bond acceptors (Lipinski definition) is 5. The van der Waals surface area contributed by atoms with Crippen LogP contribution < -0.4 is 10.5 Å². The average molecular weight is 256 g/mol. The highest BCUT2D eigenvalue weighted by molar-refractivity contribution is 8.09. The molecule has 1 heterocycles. The number of hydrogen-bond donors (Lipinski definition) is 1. The zero-order chi connectivity index (χ0) is 12.5. The molecule has 0 saturated carbocycles. The molecular formula is C10H9FN2O3S. The summed E-state index contributed by atoms with van der Waals surface area (Å²) in [5.74, 6) is -0.697. The first kappa shape index (κ1) is 11.6. The highest BCUT2D eigenvalue weighted by Crippen LogP contribution is 2.17. The lowest BCUT2D eigenvalue weighted by atomic mass is 10.3. The predicted molar refractivity (Wildman–Crippen MR) is 60.5 cm³/mol. The summed E-state index contributed by atoms with van der Waals surface area (Å²) in [5, 5.41) is 0.616. The first-order chi connectivity index (χ1) is 7.99. The number of nitrogens with zero attached hydrogens (tertiary/aromatic N) is 1. The van der Waals surface area contributed by atoms with Crippen molar-refractivity contribution in [2.24, 2.45) is 10.7 Å². The molecule has 5 nitrogen and oxygen atoms in total. The Morgan fingerprint density at radius 3 is 2.65 bits per heavy atom. The number of benzene rings is 1. The van der Waals surface area contributed by atoms with E-state index in [1.54, 1.807) is 6.07 Å². The van der Waals surface area contributed by atoms with Gasteiger partial charge in [-0.15, -0.1) is 0 Å². The molecule has 1 aliphatic heterocycles. The Morgan fingerprint density at radius 2 is 2.06 bits per heavy atom. The minimum atomic E-state index is -3.60. The maximum atomic E-state index is 13.2. The third-order valence-electron chi connectivity index (χ3n) is 2.05. The van der Waals surface area contributed by atoms with Gasteiger partial charge in [-0.05, 0) is 12.1 Å². The minimum Gasteiger partial charge on any atom is -0.483 e. The molecule has 17 heavy (non-hydrogen) atoms. The molecule has 0 radical (unpaired) electrons. The van der Waals surface area contributed by atoms with Gasteiger partial charge in [0.25, 0.3) is 0 Å². The van der Waals surface area contributed by atoms with Crippen molar-refractivity contribution in [1.82, 2.24) is 0 Å². The number of aliphatic imine (C=N–C) groups is 1. The number of nitrogens with two attached hydrogens (primary N) is 1. The van der Waals surface area contributed by atoms with E-state index in [0.717, 1.165) is 5.41 Å². The van der Waals surface area contributed by atoms with Crippen LogP contribution in [0.5, 0.6) is 5.75 Å². The van der Waals surface area contributed by atoms with Crippen LogP contribution in [0.25, 0.3) is 0 Å². The second-order valence-corrected chi connectivity index (χ2v) is 5.11. The maximum absolute atomic E-state index is 13.2. The maximum Gasteiger partial charge on any atom is 0.220 e. The van der Waals surface area contributed by atoms with Gasteiger partial charge in [0, 0.05) is 0 Å². The van der Waals surface area contributed by atoms with E-state index in [9.17, 15) is 12.8 Å². The normalized spacial score (nSPS) is 17.5. The van der Waals surface area contributed by atoms with Gasteiger partial charge in [0.1, 0.15) is 12.4 Å². The van der Waals surface area contributed by atoms with Crippen molar-refractivity contribution >= 4 is 14.9 Å². The van der Waals surface area contributed by atoms with Gasteiger partial charge in [0.15, 0.2) is 16.6 Å². The summed E-state index contributed by atoms with van der Waals surface area (Å²) in [4.78, 5) is 3.61. The van der Waals surface area contributed by atoms with Crippen LogP contribution in [0.3, 0.4) is 0 Å². The highest BCUT2D eigenvalue weighted by atomic mass is 32.2. The van der Waals surface area contributed by atoms with E-state index in [4.69, 9.17) is 10.5 Å². The molecule has 0 spiro atoms. The van der Waals surface area contributed by atoms with Crippen molar-refractivity contribution in [2.45, 2.75) is 0 Å². The molecule has 7 heteroatoms. The molecule has 90 valence electrons. The lowest BCUT2D eigenvalue weighted by Crippen LogP contribution is -2.18. The Bertz CT molecular complexity index is 608. The Kier molecular flexibility index (Phi) is 2.84. The molecule has 1 aromatic carbocycles. The Hall–Kier alpha value is -1.89. The second-order valence-electron chi connectivity index (χ2n) is 3.31. The largest absolute Gasteiger partial charge is 0.483 e. The number of halogens is 1. The van der Waals surface area contributed by atoms with E-state index in [2.05, 4.69) is 4.99 Å². The third-order valence-corrected chi connectivity index (χ3v) is 3.46. The van der Waals surface area contributed by atoms with Crippen LogP contribution in [-0.4, -0.2) is 20.1 Å². The summed E-state index contributed by atoms with van der Waals surface area (Å²) in [7, 11) is -3.60. The van der Waals surface area contributed by atoms with Gasteiger partial charge in [0.2, 0.25) is 9.84 Å². The summed E-state index contributed by atoms with van der Waals surface area (Å²) >= 11 is 0. The minimum absolute atomic E-state index is 0.0316. The molecule has 0 bridgehead atoms. The van der Waals surface area contributed by atoms with Crippen molar-refractivity contribution in [1.29, 1.82) is 0 Å². The van der Waals surface area contributed by atoms with Gasteiger partial charge in [-0.1, -0.05) is 12.1 Å². The zero-order valence-electron chi connectivity index (χ0n) is 8.63. The van der Waals surface area contributed by atoms with E-state index in [0.29, 0.717) is 0 Å². The van der Waals surface area contributed by atoms with Crippen LogP contribution in [0, 0.1) is 5.82 Å². The standard InChI is InChI=1S/C10H9FN2O3S/c11-7-3-1-2-4-8(7)16-5-10-13-9(12)6-17(10,14)15/h1-4,6H,5,12H2. The Balaban J connectivity index is 2.11. The molecule has 0 unspecified atom stereocenters. The van der Waals surface area contributed by atoms with Gasteiger partial charge >= 0.3 is 0 Å². The smallest absolute Gasteiger partial charge is 0.220 e.